The van der Waals surface area contributed by atoms with Gasteiger partial charge in [0.2, 0.25) is 5.91 Å². The predicted octanol–water partition coefficient (Wildman–Crippen LogP) is -0.0513. The van der Waals surface area contributed by atoms with Crippen LogP contribution in [0, 0.1) is 0 Å². The molecular weight excluding hydrogens is 204 g/mol. The lowest BCUT2D eigenvalue weighted by Crippen LogP contribution is -2.36. The number of carboxylic acids is 1. The zero-order chi connectivity index (χ0) is 10.6. The third kappa shape index (κ3) is 2.82. The number of amides is 1. The van der Waals surface area contributed by atoms with E-state index in [0.717, 1.165) is 4.88 Å². The molecule has 4 N–H and O–H groups in total. The van der Waals surface area contributed by atoms with Crippen LogP contribution in [0.4, 0.5) is 0 Å². The normalized spacial score (nSPS) is 12.3. The fourth-order valence-corrected chi connectivity index (χ4v) is 1.79. The van der Waals surface area contributed by atoms with E-state index in [4.69, 9.17) is 10.8 Å². The van der Waals surface area contributed by atoms with Gasteiger partial charge in [-0.05, 0) is 11.4 Å². The molecule has 0 saturated carbocycles. The molecule has 1 aromatic rings. The lowest BCUT2D eigenvalue weighted by molar-refractivity contribution is -0.136. The van der Waals surface area contributed by atoms with Crippen LogP contribution >= 0.6 is 11.3 Å². The van der Waals surface area contributed by atoms with Gasteiger partial charge in [0.1, 0.15) is 6.04 Å². The summed E-state index contributed by atoms with van der Waals surface area (Å²) in [6.45, 7) is -0.286. The molecule has 0 bridgehead atoms. The van der Waals surface area contributed by atoms with E-state index < -0.39 is 17.9 Å². The van der Waals surface area contributed by atoms with Crippen molar-refractivity contribution in [3.63, 3.8) is 0 Å². The van der Waals surface area contributed by atoms with Crippen LogP contribution in [0.3, 0.4) is 0 Å². The van der Waals surface area contributed by atoms with E-state index in [1.807, 2.05) is 0 Å². The number of nitrogens with two attached hydrogens (primary N) is 1. The van der Waals surface area contributed by atoms with Crippen LogP contribution in [-0.2, 0) is 9.59 Å². The predicted molar refractivity (Wildman–Crippen MR) is 51.9 cm³/mol. The molecule has 1 heterocycles. The molecule has 1 unspecified atom stereocenters. The lowest BCUT2D eigenvalue weighted by atomic mass is 10.2. The summed E-state index contributed by atoms with van der Waals surface area (Å²) in [6.07, 6.45) is 0. The summed E-state index contributed by atoms with van der Waals surface area (Å²) < 4.78 is 0. The Morgan fingerprint density at radius 1 is 1.64 bits per heavy atom. The second-order valence-corrected chi connectivity index (χ2v) is 3.60. The molecule has 76 valence electrons. The number of hydrogen-bond donors (Lipinski definition) is 3. The van der Waals surface area contributed by atoms with E-state index >= 15 is 0 Å². The van der Waals surface area contributed by atoms with Crippen molar-refractivity contribution >= 4 is 23.2 Å². The highest BCUT2D eigenvalue weighted by atomic mass is 32.1. The summed E-state index contributed by atoms with van der Waals surface area (Å²) in [5.41, 5.74) is 5.13. The van der Waals surface area contributed by atoms with Gasteiger partial charge < -0.3 is 10.8 Å². The van der Waals surface area contributed by atoms with Crippen LogP contribution in [0.25, 0.3) is 0 Å². The van der Waals surface area contributed by atoms with Gasteiger partial charge in [-0.15, -0.1) is 11.3 Å². The molecule has 0 fully saturated rings. The first kappa shape index (κ1) is 10.7. The SMILES string of the molecule is NC(=O)C(NCC(=O)O)c1cccs1. The smallest absolute Gasteiger partial charge is 0.317 e. The molecule has 5 nitrogen and oxygen atoms in total. The maximum Gasteiger partial charge on any atom is 0.317 e. The monoisotopic (exact) mass is 214 g/mol. The van der Waals surface area contributed by atoms with Gasteiger partial charge in [-0.25, -0.2) is 0 Å². The van der Waals surface area contributed by atoms with Gasteiger partial charge in [-0.1, -0.05) is 6.07 Å². The average Bonchev–Trinajstić information content (AvgIpc) is 2.56. The summed E-state index contributed by atoms with van der Waals surface area (Å²) in [6, 6.07) is 2.79. The number of nitrogens with one attached hydrogen (secondary N) is 1. The van der Waals surface area contributed by atoms with Crippen molar-refractivity contribution in [2.24, 2.45) is 5.73 Å². The summed E-state index contributed by atoms with van der Waals surface area (Å²) in [5, 5.41) is 12.8. The van der Waals surface area contributed by atoms with E-state index in [9.17, 15) is 9.59 Å². The highest BCUT2D eigenvalue weighted by Crippen LogP contribution is 2.18. The van der Waals surface area contributed by atoms with Crippen LogP contribution in [0.1, 0.15) is 10.9 Å². The molecule has 0 aliphatic heterocycles. The van der Waals surface area contributed by atoms with Crippen molar-refractivity contribution in [3.05, 3.63) is 22.4 Å². The van der Waals surface area contributed by atoms with Gasteiger partial charge in [-0.2, -0.15) is 0 Å². The molecule has 0 radical (unpaired) electrons. The van der Waals surface area contributed by atoms with Crippen LogP contribution in [-0.4, -0.2) is 23.5 Å². The topological polar surface area (TPSA) is 92.4 Å². The molecule has 6 heteroatoms. The van der Waals surface area contributed by atoms with Crippen molar-refractivity contribution in [2.45, 2.75) is 6.04 Å². The van der Waals surface area contributed by atoms with Crippen LogP contribution in [0.5, 0.6) is 0 Å². The Hall–Kier alpha value is -1.40. The van der Waals surface area contributed by atoms with Crippen LogP contribution < -0.4 is 11.1 Å². The summed E-state index contributed by atoms with van der Waals surface area (Å²) >= 11 is 1.35. The Morgan fingerprint density at radius 3 is 2.79 bits per heavy atom. The number of aliphatic carboxylic acids is 1. The second-order valence-electron chi connectivity index (χ2n) is 2.63. The highest BCUT2D eigenvalue weighted by Gasteiger charge is 2.18. The van der Waals surface area contributed by atoms with Gasteiger partial charge in [0.05, 0.1) is 6.54 Å². The second kappa shape index (κ2) is 4.73. The Balaban J connectivity index is 2.66. The number of rotatable bonds is 5. The molecule has 0 aliphatic rings. The molecule has 1 aromatic heterocycles. The highest BCUT2D eigenvalue weighted by molar-refractivity contribution is 7.10. The molecule has 1 amide bonds. The first-order chi connectivity index (χ1) is 6.61. The summed E-state index contributed by atoms with van der Waals surface area (Å²) in [4.78, 5) is 22.0. The Morgan fingerprint density at radius 2 is 2.36 bits per heavy atom. The number of carboxylic acid groups (broad SMARTS) is 1. The standard InChI is InChI=1S/C8H10N2O3S/c9-8(13)7(10-4-6(11)12)5-2-1-3-14-5/h1-3,7,10H,4H2,(H2,9,13)(H,11,12). The summed E-state index contributed by atoms with van der Waals surface area (Å²) in [5.74, 6) is -1.60. The first-order valence-corrected chi connectivity index (χ1v) is 4.77. The van der Waals surface area contributed by atoms with E-state index in [0.29, 0.717) is 0 Å². The molecule has 1 atom stereocenters. The number of carbonyl (C=O) groups is 2. The fourth-order valence-electron chi connectivity index (χ4n) is 0.986. The number of primary amides is 1. The average molecular weight is 214 g/mol. The lowest BCUT2D eigenvalue weighted by Gasteiger charge is -2.11. The number of carbonyl (C=O) groups excluding carboxylic acids is 1. The van der Waals surface area contributed by atoms with Gasteiger partial charge >= 0.3 is 5.97 Å². The summed E-state index contributed by atoms with van der Waals surface area (Å²) in [7, 11) is 0. The first-order valence-electron chi connectivity index (χ1n) is 3.89. The quantitative estimate of drug-likeness (QED) is 0.640. The Labute approximate surface area is 84.5 Å². The van der Waals surface area contributed by atoms with Gasteiger partial charge in [0.15, 0.2) is 0 Å². The molecule has 0 aliphatic carbocycles. The van der Waals surface area contributed by atoms with E-state index in [-0.39, 0.29) is 6.54 Å². The van der Waals surface area contributed by atoms with E-state index in [2.05, 4.69) is 5.32 Å². The van der Waals surface area contributed by atoms with E-state index in [1.165, 1.54) is 11.3 Å². The molecule has 1 rings (SSSR count). The number of thiophene rings is 1. The van der Waals surface area contributed by atoms with E-state index in [1.54, 1.807) is 17.5 Å². The molecule has 0 spiro atoms. The largest absolute Gasteiger partial charge is 0.480 e. The van der Waals surface area contributed by atoms with Gasteiger partial charge in [0, 0.05) is 4.88 Å². The zero-order valence-electron chi connectivity index (χ0n) is 7.27. The van der Waals surface area contributed by atoms with Crippen molar-refractivity contribution in [3.8, 4) is 0 Å². The van der Waals surface area contributed by atoms with Crippen molar-refractivity contribution in [1.82, 2.24) is 5.32 Å². The van der Waals surface area contributed by atoms with Crippen molar-refractivity contribution in [1.29, 1.82) is 0 Å². The minimum Gasteiger partial charge on any atom is -0.480 e. The maximum absolute atomic E-state index is 11.0. The third-order valence-electron chi connectivity index (χ3n) is 1.57. The molecule has 0 saturated heterocycles. The van der Waals surface area contributed by atoms with Crippen molar-refractivity contribution < 1.29 is 14.7 Å². The van der Waals surface area contributed by atoms with Crippen LogP contribution in [0.15, 0.2) is 17.5 Å². The maximum atomic E-state index is 11.0. The Kier molecular flexibility index (Phi) is 3.61. The minimum absolute atomic E-state index is 0.286. The molecular formula is C8H10N2O3S. The van der Waals surface area contributed by atoms with Gasteiger partial charge in [0.25, 0.3) is 0 Å². The fraction of sp³-hybridized carbons (Fsp3) is 0.250. The van der Waals surface area contributed by atoms with Gasteiger partial charge in [-0.3, -0.25) is 14.9 Å². The molecule has 0 aromatic carbocycles. The Bertz CT molecular complexity index is 323. The van der Waals surface area contributed by atoms with Crippen molar-refractivity contribution in [2.75, 3.05) is 6.54 Å². The minimum atomic E-state index is -1.02. The number of hydrogen-bond acceptors (Lipinski definition) is 4. The molecule has 14 heavy (non-hydrogen) atoms. The third-order valence-corrected chi connectivity index (χ3v) is 2.51. The van der Waals surface area contributed by atoms with Crippen LogP contribution in [0.2, 0.25) is 0 Å². The zero-order valence-corrected chi connectivity index (χ0v) is 8.08.